The summed E-state index contributed by atoms with van der Waals surface area (Å²) in [6, 6.07) is 3.36. The minimum atomic E-state index is -3.50. The Morgan fingerprint density at radius 3 is 2.59 bits per heavy atom. The van der Waals surface area contributed by atoms with E-state index in [4.69, 9.17) is 4.74 Å². The van der Waals surface area contributed by atoms with E-state index in [-0.39, 0.29) is 23.7 Å². The Hall–Kier alpha value is -1.49. The Balaban J connectivity index is 1.31. The van der Waals surface area contributed by atoms with Crippen LogP contribution in [-0.2, 0) is 30.9 Å². The fourth-order valence-electron chi connectivity index (χ4n) is 3.80. The second-order valence-electron chi connectivity index (χ2n) is 7.85. The zero-order valence-electron chi connectivity index (χ0n) is 16.3. The maximum atomic E-state index is 12.7. The lowest BCUT2D eigenvalue weighted by atomic mass is 9.96. The highest BCUT2D eigenvalue weighted by Gasteiger charge is 2.36. The molecule has 3 aliphatic rings. The number of piperidine rings is 1. The van der Waals surface area contributed by atoms with Crippen molar-refractivity contribution >= 4 is 33.2 Å². The number of nitrogens with zero attached hydrogens (tertiary/aromatic N) is 2. The first kappa shape index (κ1) is 20.8. The van der Waals surface area contributed by atoms with E-state index in [0.29, 0.717) is 43.6 Å². The zero-order valence-corrected chi connectivity index (χ0v) is 18.0. The van der Waals surface area contributed by atoms with Crippen molar-refractivity contribution in [3.63, 3.8) is 0 Å². The molecule has 4 rings (SSSR count). The largest absolute Gasteiger partial charge is 0.379 e. The van der Waals surface area contributed by atoms with Gasteiger partial charge in [-0.1, -0.05) is 0 Å². The molecule has 1 aliphatic carbocycles. The lowest BCUT2D eigenvalue weighted by Gasteiger charge is -2.32. The average Bonchev–Trinajstić information content (AvgIpc) is 3.49. The van der Waals surface area contributed by atoms with Gasteiger partial charge >= 0.3 is 0 Å². The standard InChI is InChI=1S/C19H27N3O5S2/c23-18(15-2-1-7-21(13-15)19(24)14-3-4-14)20-12-16-5-6-17(28-16)29(25,26)22-8-10-27-11-9-22/h5-6,14-15H,1-4,7-13H2,(H,20,23). The lowest BCUT2D eigenvalue weighted by molar-refractivity contribution is -0.136. The monoisotopic (exact) mass is 441 g/mol. The van der Waals surface area contributed by atoms with Crippen molar-refractivity contribution in [2.75, 3.05) is 39.4 Å². The van der Waals surface area contributed by atoms with E-state index in [1.165, 1.54) is 15.6 Å². The second kappa shape index (κ2) is 8.71. The van der Waals surface area contributed by atoms with Crippen LogP contribution < -0.4 is 5.32 Å². The van der Waals surface area contributed by atoms with Crippen LogP contribution in [0.3, 0.4) is 0 Å². The van der Waals surface area contributed by atoms with Gasteiger partial charge in [0.15, 0.2) is 0 Å². The van der Waals surface area contributed by atoms with Crippen molar-refractivity contribution in [3.8, 4) is 0 Å². The highest BCUT2D eigenvalue weighted by molar-refractivity contribution is 7.91. The summed E-state index contributed by atoms with van der Waals surface area (Å²) in [5, 5.41) is 2.92. The van der Waals surface area contributed by atoms with Crippen LogP contribution in [0.1, 0.15) is 30.6 Å². The molecule has 2 saturated heterocycles. The van der Waals surface area contributed by atoms with Crippen LogP contribution in [0.15, 0.2) is 16.3 Å². The minimum Gasteiger partial charge on any atom is -0.379 e. The molecule has 10 heteroatoms. The van der Waals surface area contributed by atoms with Crippen molar-refractivity contribution in [3.05, 3.63) is 17.0 Å². The Labute approximate surface area is 175 Å². The second-order valence-corrected chi connectivity index (χ2v) is 11.2. The molecule has 0 spiro atoms. The molecule has 1 unspecified atom stereocenters. The van der Waals surface area contributed by atoms with Gasteiger partial charge in [0, 0.05) is 37.0 Å². The molecular formula is C19H27N3O5S2. The van der Waals surface area contributed by atoms with Crippen LogP contribution in [0.4, 0.5) is 0 Å². The van der Waals surface area contributed by atoms with Crippen LogP contribution in [0.25, 0.3) is 0 Å². The Morgan fingerprint density at radius 1 is 1.10 bits per heavy atom. The molecule has 2 amide bonds. The molecule has 1 aromatic rings. The van der Waals surface area contributed by atoms with E-state index in [2.05, 4.69) is 5.32 Å². The first-order chi connectivity index (χ1) is 13.9. The number of morpholine rings is 1. The number of thiophene rings is 1. The van der Waals surface area contributed by atoms with Gasteiger partial charge in [-0.15, -0.1) is 11.3 Å². The van der Waals surface area contributed by atoms with E-state index in [9.17, 15) is 18.0 Å². The van der Waals surface area contributed by atoms with E-state index in [1.54, 1.807) is 12.1 Å². The summed E-state index contributed by atoms with van der Waals surface area (Å²) in [5.41, 5.74) is 0. The summed E-state index contributed by atoms with van der Waals surface area (Å²) in [4.78, 5) is 27.5. The number of hydrogen-bond donors (Lipinski definition) is 1. The molecule has 29 heavy (non-hydrogen) atoms. The van der Waals surface area contributed by atoms with E-state index in [1.807, 2.05) is 4.90 Å². The van der Waals surface area contributed by atoms with Gasteiger partial charge in [0.1, 0.15) is 4.21 Å². The van der Waals surface area contributed by atoms with E-state index < -0.39 is 10.0 Å². The summed E-state index contributed by atoms with van der Waals surface area (Å²) < 4.78 is 32.4. The highest BCUT2D eigenvalue weighted by atomic mass is 32.2. The smallest absolute Gasteiger partial charge is 0.252 e. The van der Waals surface area contributed by atoms with Gasteiger partial charge in [-0.05, 0) is 37.8 Å². The molecule has 0 aromatic carbocycles. The summed E-state index contributed by atoms with van der Waals surface area (Å²) in [6.07, 6.45) is 3.57. The molecule has 1 N–H and O–H groups in total. The Bertz CT molecular complexity index is 859. The molecule has 3 heterocycles. The summed E-state index contributed by atoms with van der Waals surface area (Å²) in [7, 11) is -3.50. The number of likely N-dealkylation sites (tertiary alicyclic amines) is 1. The molecule has 160 valence electrons. The van der Waals surface area contributed by atoms with Gasteiger partial charge in [0.05, 0.1) is 25.7 Å². The summed E-state index contributed by atoms with van der Waals surface area (Å²) >= 11 is 1.19. The first-order valence-corrected chi connectivity index (χ1v) is 12.4. The van der Waals surface area contributed by atoms with Gasteiger partial charge < -0.3 is 15.0 Å². The zero-order chi connectivity index (χ0) is 20.4. The molecule has 0 bridgehead atoms. The molecule has 3 fully saturated rings. The van der Waals surface area contributed by atoms with Crippen LogP contribution in [0.2, 0.25) is 0 Å². The topological polar surface area (TPSA) is 96.0 Å². The normalized spacial score (nSPS) is 23.7. The molecule has 1 saturated carbocycles. The number of nitrogens with one attached hydrogen (secondary N) is 1. The maximum Gasteiger partial charge on any atom is 0.252 e. The first-order valence-electron chi connectivity index (χ1n) is 10.2. The number of carbonyl (C=O) groups is 2. The van der Waals surface area contributed by atoms with Crippen molar-refractivity contribution in [2.45, 2.75) is 36.4 Å². The van der Waals surface area contributed by atoms with Gasteiger partial charge in [-0.3, -0.25) is 9.59 Å². The van der Waals surface area contributed by atoms with Gasteiger partial charge in [0.2, 0.25) is 11.8 Å². The predicted molar refractivity (Wildman–Crippen MR) is 108 cm³/mol. The number of hydrogen-bond acceptors (Lipinski definition) is 6. The van der Waals surface area contributed by atoms with E-state index >= 15 is 0 Å². The number of carbonyl (C=O) groups excluding carboxylic acids is 2. The molecule has 1 atom stereocenters. The van der Waals surface area contributed by atoms with Crippen molar-refractivity contribution < 1.29 is 22.7 Å². The van der Waals surface area contributed by atoms with Crippen LogP contribution >= 0.6 is 11.3 Å². The minimum absolute atomic E-state index is 0.0655. The Morgan fingerprint density at radius 2 is 1.86 bits per heavy atom. The summed E-state index contributed by atoms with van der Waals surface area (Å²) in [5.74, 6) is 0.112. The quantitative estimate of drug-likeness (QED) is 0.712. The van der Waals surface area contributed by atoms with Crippen molar-refractivity contribution in [2.24, 2.45) is 11.8 Å². The fraction of sp³-hybridized carbons (Fsp3) is 0.684. The van der Waals surface area contributed by atoms with Crippen LogP contribution in [0.5, 0.6) is 0 Å². The fourth-order valence-corrected chi connectivity index (χ4v) is 6.66. The molecule has 8 nitrogen and oxygen atoms in total. The lowest BCUT2D eigenvalue weighted by Crippen LogP contribution is -2.45. The number of sulfonamides is 1. The number of amides is 2. The Kier molecular flexibility index (Phi) is 6.24. The third-order valence-electron chi connectivity index (χ3n) is 5.67. The van der Waals surface area contributed by atoms with Crippen LogP contribution in [0, 0.1) is 11.8 Å². The third kappa shape index (κ3) is 4.82. The number of rotatable bonds is 6. The van der Waals surface area contributed by atoms with Gasteiger partial charge in [-0.2, -0.15) is 4.31 Å². The van der Waals surface area contributed by atoms with Gasteiger partial charge in [-0.25, -0.2) is 8.42 Å². The molecule has 1 aromatic heterocycles. The third-order valence-corrected chi connectivity index (χ3v) is 9.12. The van der Waals surface area contributed by atoms with E-state index in [0.717, 1.165) is 37.1 Å². The van der Waals surface area contributed by atoms with Crippen molar-refractivity contribution in [1.82, 2.24) is 14.5 Å². The molecular weight excluding hydrogens is 414 g/mol. The predicted octanol–water partition coefficient (Wildman–Crippen LogP) is 1.03. The number of ether oxygens (including phenoxy) is 1. The van der Waals surface area contributed by atoms with Gasteiger partial charge in [0.25, 0.3) is 10.0 Å². The SMILES string of the molecule is O=C(NCc1ccc(S(=O)(=O)N2CCOCC2)s1)C1CCCN(C(=O)C2CC2)C1. The highest BCUT2D eigenvalue weighted by Crippen LogP contribution is 2.32. The molecule has 2 aliphatic heterocycles. The average molecular weight is 442 g/mol. The maximum absolute atomic E-state index is 12.7. The van der Waals surface area contributed by atoms with Crippen LogP contribution in [-0.4, -0.2) is 68.8 Å². The summed E-state index contributed by atoms with van der Waals surface area (Å²) in [6.45, 7) is 3.09. The van der Waals surface area contributed by atoms with Crippen molar-refractivity contribution in [1.29, 1.82) is 0 Å². The molecule has 0 radical (unpaired) electrons.